The van der Waals surface area contributed by atoms with Crippen LogP contribution < -0.4 is 10.4 Å². The summed E-state index contributed by atoms with van der Waals surface area (Å²) in [5.41, 5.74) is 4.39. The van der Waals surface area contributed by atoms with Crippen molar-refractivity contribution in [3.63, 3.8) is 0 Å². The highest BCUT2D eigenvalue weighted by atomic mass is 15.5. The van der Waals surface area contributed by atoms with Gasteiger partial charge in [-0.05, 0) is 30.4 Å². The molecule has 1 aromatic rings. The van der Waals surface area contributed by atoms with Gasteiger partial charge in [0.25, 0.3) is 0 Å². The lowest BCUT2D eigenvalue weighted by atomic mass is 10.1. The highest BCUT2D eigenvalue weighted by Gasteiger charge is 2.03. The lowest BCUT2D eigenvalue weighted by Crippen LogP contribution is -2.30. The SMILES string of the molecule is CC/C=C\N(NC)c1ccc(CC(C)C)cn1. The number of pyridine rings is 1. The first-order valence-corrected chi connectivity index (χ1v) is 6.25. The van der Waals surface area contributed by atoms with Crippen molar-refractivity contribution in [1.82, 2.24) is 10.4 Å². The molecule has 0 unspecified atom stereocenters. The smallest absolute Gasteiger partial charge is 0.146 e. The van der Waals surface area contributed by atoms with Gasteiger partial charge in [0.05, 0.1) is 0 Å². The Kier molecular flexibility index (Phi) is 5.70. The molecule has 0 spiro atoms. The third kappa shape index (κ3) is 4.57. The van der Waals surface area contributed by atoms with Gasteiger partial charge in [0, 0.05) is 19.4 Å². The monoisotopic (exact) mass is 233 g/mol. The first-order valence-electron chi connectivity index (χ1n) is 6.25. The van der Waals surface area contributed by atoms with Crippen LogP contribution in [-0.2, 0) is 6.42 Å². The second-order valence-electron chi connectivity index (χ2n) is 4.51. The number of hydrogen-bond acceptors (Lipinski definition) is 3. The third-order valence-electron chi connectivity index (χ3n) is 2.43. The van der Waals surface area contributed by atoms with E-state index >= 15 is 0 Å². The molecule has 0 saturated carbocycles. The van der Waals surface area contributed by atoms with Gasteiger partial charge in [0.2, 0.25) is 0 Å². The van der Waals surface area contributed by atoms with Gasteiger partial charge < -0.3 is 0 Å². The molecule has 0 aliphatic rings. The molecule has 1 N–H and O–H groups in total. The van der Waals surface area contributed by atoms with E-state index in [2.05, 4.69) is 43.3 Å². The summed E-state index contributed by atoms with van der Waals surface area (Å²) < 4.78 is 0. The maximum absolute atomic E-state index is 4.47. The second kappa shape index (κ2) is 7.07. The Morgan fingerprint density at radius 3 is 2.65 bits per heavy atom. The zero-order valence-corrected chi connectivity index (χ0v) is 11.3. The summed E-state index contributed by atoms with van der Waals surface area (Å²) in [6, 6.07) is 4.20. The van der Waals surface area contributed by atoms with Crippen molar-refractivity contribution in [3.8, 4) is 0 Å². The van der Waals surface area contributed by atoms with E-state index in [1.807, 2.05) is 30.5 Å². The fourth-order valence-electron chi connectivity index (χ4n) is 1.63. The Morgan fingerprint density at radius 2 is 2.18 bits per heavy atom. The lowest BCUT2D eigenvalue weighted by molar-refractivity contribution is 0.645. The van der Waals surface area contributed by atoms with Crippen LogP contribution in [0.2, 0.25) is 0 Å². The van der Waals surface area contributed by atoms with Crippen LogP contribution in [0.3, 0.4) is 0 Å². The fraction of sp³-hybridized carbons (Fsp3) is 0.500. The minimum atomic E-state index is 0.669. The number of hydrogen-bond donors (Lipinski definition) is 1. The molecule has 3 heteroatoms. The fourth-order valence-corrected chi connectivity index (χ4v) is 1.63. The van der Waals surface area contributed by atoms with Gasteiger partial charge in [0.1, 0.15) is 5.82 Å². The van der Waals surface area contributed by atoms with Gasteiger partial charge in [-0.15, -0.1) is 0 Å². The van der Waals surface area contributed by atoms with Crippen LogP contribution in [0.5, 0.6) is 0 Å². The van der Waals surface area contributed by atoms with Gasteiger partial charge >= 0.3 is 0 Å². The van der Waals surface area contributed by atoms with E-state index in [-0.39, 0.29) is 0 Å². The number of allylic oxidation sites excluding steroid dienone is 1. The Labute approximate surface area is 105 Å². The molecule has 0 atom stereocenters. The van der Waals surface area contributed by atoms with Gasteiger partial charge in [-0.3, -0.25) is 5.01 Å². The predicted molar refractivity (Wildman–Crippen MR) is 73.7 cm³/mol. The van der Waals surface area contributed by atoms with Crippen molar-refractivity contribution in [3.05, 3.63) is 36.2 Å². The van der Waals surface area contributed by atoms with Crippen LogP contribution in [0.15, 0.2) is 30.6 Å². The zero-order valence-electron chi connectivity index (χ0n) is 11.3. The third-order valence-corrected chi connectivity index (χ3v) is 2.43. The Balaban J connectivity index is 2.74. The molecule has 0 aliphatic heterocycles. The van der Waals surface area contributed by atoms with Gasteiger partial charge in [-0.1, -0.05) is 32.9 Å². The average molecular weight is 233 g/mol. The minimum Gasteiger partial charge on any atom is -0.268 e. The Hall–Kier alpha value is -1.35. The van der Waals surface area contributed by atoms with Gasteiger partial charge in [-0.2, -0.15) is 0 Å². The molecule has 1 aromatic heterocycles. The van der Waals surface area contributed by atoms with E-state index in [1.54, 1.807) is 0 Å². The summed E-state index contributed by atoms with van der Waals surface area (Å²) in [5.74, 6) is 1.59. The maximum atomic E-state index is 4.47. The van der Waals surface area contributed by atoms with Crippen LogP contribution in [-0.4, -0.2) is 12.0 Å². The summed E-state index contributed by atoms with van der Waals surface area (Å²) in [5, 5.41) is 1.92. The minimum absolute atomic E-state index is 0.669. The summed E-state index contributed by atoms with van der Waals surface area (Å²) in [7, 11) is 1.89. The first kappa shape index (κ1) is 13.7. The molecule has 0 aliphatic carbocycles. The molecule has 0 amide bonds. The number of aromatic nitrogens is 1. The highest BCUT2D eigenvalue weighted by molar-refractivity contribution is 5.41. The van der Waals surface area contributed by atoms with Crippen molar-refractivity contribution in [1.29, 1.82) is 0 Å². The molecule has 1 rings (SSSR count). The number of anilines is 1. The number of rotatable bonds is 6. The van der Waals surface area contributed by atoms with Crippen molar-refractivity contribution >= 4 is 5.82 Å². The summed E-state index contributed by atoms with van der Waals surface area (Å²) in [4.78, 5) is 4.47. The predicted octanol–water partition coefficient (Wildman–Crippen LogP) is 3.14. The van der Waals surface area contributed by atoms with Gasteiger partial charge in [-0.25, -0.2) is 10.4 Å². The molecule has 0 aromatic carbocycles. The Bertz CT molecular complexity index is 341. The standard InChI is InChI=1S/C14H23N3/c1-5-6-9-17(15-4)14-8-7-13(11-16-14)10-12(2)3/h6-9,11-12,15H,5,10H2,1-4H3/b9-6-. The summed E-state index contributed by atoms with van der Waals surface area (Å²) >= 11 is 0. The van der Waals surface area contributed by atoms with Crippen molar-refractivity contribution in [2.24, 2.45) is 5.92 Å². The molecule has 3 nitrogen and oxygen atoms in total. The van der Waals surface area contributed by atoms with Crippen LogP contribution in [0.4, 0.5) is 5.82 Å². The quantitative estimate of drug-likeness (QED) is 0.765. The van der Waals surface area contributed by atoms with Crippen LogP contribution in [0.25, 0.3) is 0 Å². The lowest BCUT2D eigenvalue weighted by Gasteiger charge is -2.18. The topological polar surface area (TPSA) is 28.2 Å². The van der Waals surface area contributed by atoms with E-state index in [4.69, 9.17) is 0 Å². The van der Waals surface area contributed by atoms with Gasteiger partial charge in [0.15, 0.2) is 0 Å². The van der Waals surface area contributed by atoms with E-state index in [1.165, 1.54) is 5.56 Å². The molecule has 0 fully saturated rings. The highest BCUT2D eigenvalue weighted by Crippen LogP contribution is 2.12. The molecule has 94 valence electrons. The number of hydrazine groups is 1. The molecule has 1 heterocycles. The molecular weight excluding hydrogens is 210 g/mol. The Morgan fingerprint density at radius 1 is 1.41 bits per heavy atom. The molecular formula is C14H23N3. The first-order chi connectivity index (χ1) is 8.17. The largest absolute Gasteiger partial charge is 0.268 e. The number of nitrogens with one attached hydrogen (secondary N) is 1. The zero-order chi connectivity index (χ0) is 12.7. The normalized spacial score (nSPS) is 11.4. The molecule has 0 radical (unpaired) electrons. The van der Waals surface area contributed by atoms with Crippen LogP contribution >= 0.6 is 0 Å². The van der Waals surface area contributed by atoms with E-state index in [9.17, 15) is 0 Å². The van der Waals surface area contributed by atoms with Crippen molar-refractivity contribution in [2.75, 3.05) is 12.1 Å². The number of nitrogens with zero attached hydrogens (tertiary/aromatic N) is 2. The maximum Gasteiger partial charge on any atom is 0.146 e. The summed E-state index contributed by atoms with van der Waals surface area (Å²) in [6.45, 7) is 6.55. The molecule has 0 bridgehead atoms. The van der Waals surface area contributed by atoms with Crippen LogP contribution in [0, 0.1) is 5.92 Å². The van der Waals surface area contributed by atoms with E-state index in [0.29, 0.717) is 5.92 Å². The van der Waals surface area contributed by atoms with Crippen molar-refractivity contribution < 1.29 is 0 Å². The summed E-state index contributed by atoms with van der Waals surface area (Å²) in [6.07, 6.45) is 8.16. The van der Waals surface area contributed by atoms with Crippen LogP contribution in [0.1, 0.15) is 32.8 Å². The molecule has 0 saturated heterocycles. The second-order valence-corrected chi connectivity index (χ2v) is 4.51. The van der Waals surface area contributed by atoms with E-state index in [0.717, 1.165) is 18.7 Å². The average Bonchev–Trinajstić information content (AvgIpc) is 2.31. The molecule has 17 heavy (non-hydrogen) atoms. The van der Waals surface area contributed by atoms with E-state index < -0.39 is 0 Å². The van der Waals surface area contributed by atoms with Crippen molar-refractivity contribution in [2.45, 2.75) is 33.6 Å².